The minimum absolute atomic E-state index is 0.0262. The second kappa shape index (κ2) is 5.47. The number of halogens is 3. The molecule has 0 aromatic heterocycles. The summed E-state index contributed by atoms with van der Waals surface area (Å²) >= 11 is 11.5. The fourth-order valence-electron chi connectivity index (χ4n) is 1.51. The molecule has 0 spiro atoms. The Morgan fingerprint density at radius 1 is 1.05 bits per heavy atom. The average molecular weight is 335 g/mol. The smallest absolute Gasteiger partial charge is 0.262 e. The summed E-state index contributed by atoms with van der Waals surface area (Å²) in [5.74, 6) is -0.559. The predicted molar refractivity (Wildman–Crippen MR) is 78.1 cm³/mol. The van der Waals surface area contributed by atoms with Crippen molar-refractivity contribution in [2.45, 2.75) is 4.90 Å². The summed E-state index contributed by atoms with van der Waals surface area (Å²) in [6.07, 6.45) is 0. The van der Waals surface area contributed by atoms with Crippen LogP contribution in [0.4, 0.5) is 15.8 Å². The van der Waals surface area contributed by atoms with Gasteiger partial charge in [0.15, 0.2) is 0 Å². The van der Waals surface area contributed by atoms with E-state index < -0.39 is 15.8 Å². The summed E-state index contributed by atoms with van der Waals surface area (Å²) in [5.41, 5.74) is 5.59. The van der Waals surface area contributed by atoms with Crippen molar-refractivity contribution in [1.82, 2.24) is 0 Å². The van der Waals surface area contributed by atoms with Crippen LogP contribution in [0.3, 0.4) is 0 Å². The molecule has 3 N–H and O–H groups in total. The van der Waals surface area contributed by atoms with Gasteiger partial charge in [-0.05, 0) is 36.4 Å². The van der Waals surface area contributed by atoms with Gasteiger partial charge in [0.2, 0.25) is 0 Å². The molecule has 0 atom stereocenters. The third-order valence-corrected chi connectivity index (χ3v) is 4.19. The first-order valence-electron chi connectivity index (χ1n) is 5.32. The first kappa shape index (κ1) is 14.9. The summed E-state index contributed by atoms with van der Waals surface area (Å²) in [6.45, 7) is 0. The van der Waals surface area contributed by atoms with Crippen LogP contribution in [0.15, 0.2) is 41.3 Å². The first-order valence-corrected chi connectivity index (χ1v) is 7.56. The number of sulfonamides is 1. The molecular weight excluding hydrogens is 326 g/mol. The second-order valence-corrected chi connectivity index (χ2v) is 6.50. The van der Waals surface area contributed by atoms with Gasteiger partial charge in [-0.25, -0.2) is 12.8 Å². The molecule has 20 heavy (non-hydrogen) atoms. The molecule has 2 aromatic rings. The molecule has 0 unspecified atom stereocenters. The number of hydrogen-bond acceptors (Lipinski definition) is 3. The number of benzene rings is 2. The van der Waals surface area contributed by atoms with Crippen molar-refractivity contribution in [3.63, 3.8) is 0 Å². The molecule has 0 heterocycles. The Hall–Kier alpha value is -1.50. The van der Waals surface area contributed by atoms with Gasteiger partial charge in [-0.3, -0.25) is 4.72 Å². The lowest BCUT2D eigenvalue weighted by Crippen LogP contribution is -2.14. The number of nitrogens with two attached hydrogens (primary N) is 1. The number of nitrogen functional groups attached to an aromatic ring is 1. The lowest BCUT2D eigenvalue weighted by atomic mass is 10.3. The topological polar surface area (TPSA) is 72.2 Å². The number of rotatable bonds is 3. The standard InChI is InChI=1S/C12H9Cl2FN2O2S/c13-7-3-8(14)5-10(4-7)20(18,19)17-12-2-1-9(15)6-11(12)16/h1-6,17H,16H2. The van der Waals surface area contributed by atoms with Crippen molar-refractivity contribution < 1.29 is 12.8 Å². The Morgan fingerprint density at radius 2 is 1.65 bits per heavy atom. The maximum atomic E-state index is 12.9. The van der Waals surface area contributed by atoms with E-state index in [9.17, 15) is 12.8 Å². The third kappa shape index (κ3) is 3.33. The zero-order valence-corrected chi connectivity index (χ0v) is 12.2. The van der Waals surface area contributed by atoms with Crippen LogP contribution < -0.4 is 10.5 Å². The monoisotopic (exact) mass is 334 g/mol. The van der Waals surface area contributed by atoms with Crippen molar-refractivity contribution in [3.8, 4) is 0 Å². The van der Waals surface area contributed by atoms with Gasteiger partial charge in [-0.15, -0.1) is 0 Å². The highest BCUT2D eigenvalue weighted by Crippen LogP contribution is 2.26. The third-order valence-electron chi connectivity index (χ3n) is 2.40. The van der Waals surface area contributed by atoms with Crippen molar-refractivity contribution in [3.05, 3.63) is 52.3 Å². The zero-order chi connectivity index (χ0) is 14.9. The number of nitrogens with one attached hydrogen (secondary N) is 1. The normalized spacial score (nSPS) is 11.3. The lowest BCUT2D eigenvalue weighted by molar-refractivity contribution is 0.601. The molecule has 0 fully saturated rings. The quantitative estimate of drug-likeness (QED) is 0.843. The van der Waals surface area contributed by atoms with Gasteiger partial charge >= 0.3 is 0 Å². The fraction of sp³-hybridized carbons (Fsp3) is 0. The minimum atomic E-state index is -3.92. The van der Waals surface area contributed by atoms with Crippen LogP contribution >= 0.6 is 23.2 Å². The lowest BCUT2D eigenvalue weighted by Gasteiger charge is -2.11. The van der Waals surface area contributed by atoms with Crippen LogP contribution in [-0.2, 0) is 10.0 Å². The maximum Gasteiger partial charge on any atom is 0.262 e. The van der Waals surface area contributed by atoms with Crippen LogP contribution in [0.5, 0.6) is 0 Å². The zero-order valence-electron chi connectivity index (χ0n) is 9.90. The van der Waals surface area contributed by atoms with E-state index in [-0.39, 0.29) is 26.3 Å². The largest absolute Gasteiger partial charge is 0.397 e. The Bertz CT molecular complexity index is 746. The fourth-order valence-corrected chi connectivity index (χ4v) is 3.33. The molecule has 2 aromatic carbocycles. The Labute approximate surface area is 125 Å². The van der Waals surface area contributed by atoms with Crippen LogP contribution in [0, 0.1) is 5.82 Å². The molecule has 0 saturated carbocycles. The summed E-state index contributed by atoms with van der Waals surface area (Å²) in [6, 6.07) is 7.25. The molecule has 4 nitrogen and oxygen atoms in total. The van der Waals surface area contributed by atoms with Gasteiger partial charge in [0.05, 0.1) is 16.3 Å². The molecule has 8 heteroatoms. The van der Waals surface area contributed by atoms with E-state index in [1.54, 1.807) is 0 Å². The van der Waals surface area contributed by atoms with Crippen LogP contribution in [0.2, 0.25) is 10.0 Å². The van der Waals surface area contributed by atoms with Crippen molar-refractivity contribution in [1.29, 1.82) is 0 Å². The SMILES string of the molecule is Nc1cc(F)ccc1NS(=O)(=O)c1cc(Cl)cc(Cl)c1. The summed E-state index contributed by atoms with van der Waals surface area (Å²) in [7, 11) is -3.92. The highest BCUT2D eigenvalue weighted by Gasteiger charge is 2.17. The first-order chi connectivity index (χ1) is 9.28. The minimum Gasteiger partial charge on any atom is -0.397 e. The van der Waals surface area contributed by atoms with E-state index >= 15 is 0 Å². The van der Waals surface area contributed by atoms with Crippen LogP contribution in [-0.4, -0.2) is 8.42 Å². The molecule has 0 aliphatic rings. The molecule has 2 rings (SSSR count). The Balaban J connectivity index is 2.40. The van der Waals surface area contributed by atoms with E-state index in [0.717, 1.165) is 12.1 Å². The molecule has 0 aliphatic carbocycles. The maximum absolute atomic E-state index is 12.9. The average Bonchev–Trinajstić information content (AvgIpc) is 2.31. The van der Waals surface area contributed by atoms with Gasteiger partial charge in [0, 0.05) is 10.0 Å². The second-order valence-electron chi connectivity index (χ2n) is 3.94. The number of hydrogen-bond donors (Lipinski definition) is 2. The summed E-state index contributed by atoms with van der Waals surface area (Å²) < 4.78 is 39.5. The van der Waals surface area contributed by atoms with Gasteiger partial charge in [0.25, 0.3) is 10.0 Å². The van der Waals surface area contributed by atoms with Crippen LogP contribution in [0.1, 0.15) is 0 Å². The van der Waals surface area contributed by atoms with E-state index in [4.69, 9.17) is 28.9 Å². The highest BCUT2D eigenvalue weighted by molar-refractivity contribution is 7.92. The van der Waals surface area contributed by atoms with Crippen molar-refractivity contribution >= 4 is 44.6 Å². The van der Waals surface area contributed by atoms with E-state index in [1.165, 1.54) is 24.3 Å². The molecule has 0 saturated heterocycles. The van der Waals surface area contributed by atoms with Gasteiger partial charge < -0.3 is 5.73 Å². The van der Waals surface area contributed by atoms with Gasteiger partial charge in [-0.1, -0.05) is 23.2 Å². The molecule has 0 bridgehead atoms. The van der Waals surface area contributed by atoms with Crippen molar-refractivity contribution in [2.75, 3.05) is 10.5 Å². The van der Waals surface area contributed by atoms with E-state index in [2.05, 4.69) is 4.72 Å². The number of anilines is 2. The molecule has 106 valence electrons. The molecule has 0 amide bonds. The molecule has 0 aliphatic heterocycles. The predicted octanol–water partition coefficient (Wildman–Crippen LogP) is 3.52. The Morgan fingerprint density at radius 3 is 2.20 bits per heavy atom. The summed E-state index contributed by atoms with van der Waals surface area (Å²) in [4.78, 5) is -0.112. The van der Waals surface area contributed by atoms with Crippen LogP contribution in [0.25, 0.3) is 0 Å². The van der Waals surface area contributed by atoms with Crippen molar-refractivity contribution in [2.24, 2.45) is 0 Å². The van der Waals surface area contributed by atoms with Gasteiger partial charge in [0.1, 0.15) is 5.82 Å². The highest BCUT2D eigenvalue weighted by atomic mass is 35.5. The summed E-state index contributed by atoms with van der Waals surface area (Å²) in [5, 5.41) is 0.370. The van der Waals surface area contributed by atoms with E-state index in [0.29, 0.717) is 0 Å². The molecular formula is C12H9Cl2FN2O2S. The molecule has 0 radical (unpaired) electrons. The van der Waals surface area contributed by atoms with E-state index in [1.807, 2.05) is 0 Å². The Kier molecular flexibility index (Phi) is 4.08. The van der Waals surface area contributed by atoms with Gasteiger partial charge in [-0.2, -0.15) is 0 Å².